The highest BCUT2D eigenvalue weighted by Crippen LogP contribution is 2.41. The van der Waals surface area contributed by atoms with E-state index in [1.54, 1.807) is 6.92 Å². The van der Waals surface area contributed by atoms with E-state index in [-0.39, 0.29) is 5.91 Å². The molecule has 2 aromatic carbocycles. The van der Waals surface area contributed by atoms with Crippen molar-refractivity contribution in [3.05, 3.63) is 94.7 Å². The van der Waals surface area contributed by atoms with Crippen molar-refractivity contribution in [3.8, 4) is 0 Å². The zero-order valence-electron chi connectivity index (χ0n) is 17.2. The van der Waals surface area contributed by atoms with Gasteiger partial charge in [-0.1, -0.05) is 54.6 Å². The summed E-state index contributed by atoms with van der Waals surface area (Å²) in [5.74, 6) is 0.0412. The molecule has 0 atom stereocenters. The number of likely N-dealkylation sites (tertiary alicyclic amines) is 1. The Morgan fingerprint density at radius 1 is 0.967 bits per heavy atom. The molecule has 1 aromatic heterocycles. The van der Waals surface area contributed by atoms with E-state index in [1.165, 1.54) is 5.56 Å². The third kappa shape index (κ3) is 4.32. The van der Waals surface area contributed by atoms with Crippen molar-refractivity contribution in [2.75, 3.05) is 18.0 Å². The number of para-hydroxylation sites is 1. The second-order valence-electron chi connectivity index (χ2n) is 7.83. The number of anilines is 1. The molecule has 1 amide bonds. The summed E-state index contributed by atoms with van der Waals surface area (Å²) in [5, 5.41) is 0. The van der Waals surface area contributed by atoms with Gasteiger partial charge >= 0.3 is 0 Å². The molecular weight excluding hydrogens is 438 g/mol. The maximum atomic E-state index is 13.0. The number of piperidine rings is 1. The second-order valence-corrected chi connectivity index (χ2v) is 8.64. The molecule has 0 saturated carbocycles. The third-order valence-electron chi connectivity index (χ3n) is 5.88. The highest BCUT2D eigenvalue weighted by molar-refractivity contribution is 9.10. The molecule has 5 heteroatoms. The Kier molecular flexibility index (Phi) is 6.30. The number of hydrogen-bond donors (Lipinski definition) is 0. The molecule has 0 aliphatic carbocycles. The van der Waals surface area contributed by atoms with E-state index in [4.69, 9.17) is 4.98 Å². The lowest BCUT2D eigenvalue weighted by Gasteiger charge is -2.48. The molecule has 0 bridgehead atoms. The minimum Gasteiger partial charge on any atom is -0.301 e. The van der Waals surface area contributed by atoms with Gasteiger partial charge < -0.3 is 4.90 Å². The Balaban J connectivity index is 1.68. The lowest BCUT2D eigenvalue weighted by molar-refractivity contribution is -0.118. The number of halogens is 1. The number of rotatable bonds is 5. The summed E-state index contributed by atoms with van der Waals surface area (Å²) in [4.78, 5) is 22.2. The summed E-state index contributed by atoms with van der Waals surface area (Å²) in [6.07, 6.45) is 1.66. The van der Waals surface area contributed by atoms with Crippen molar-refractivity contribution in [1.82, 2.24) is 9.88 Å². The number of benzene rings is 2. The molecule has 1 fully saturated rings. The zero-order valence-corrected chi connectivity index (χ0v) is 18.8. The van der Waals surface area contributed by atoms with Gasteiger partial charge in [-0.2, -0.15) is 0 Å². The molecule has 4 nitrogen and oxygen atoms in total. The van der Waals surface area contributed by atoms with E-state index in [1.807, 2.05) is 53.4 Å². The Morgan fingerprint density at radius 3 is 2.20 bits per heavy atom. The van der Waals surface area contributed by atoms with Crippen molar-refractivity contribution in [2.45, 2.75) is 31.8 Å². The van der Waals surface area contributed by atoms with Gasteiger partial charge in [0, 0.05) is 32.2 Å². The van der Waals surface area contributed by atoms with E-state index in [0.29, 0.717) is 0 Å². The van der Waals surface area contributed by atoms with Gasteiger partial charge in [-0.15, -0.1) is 0 Å². The van der Waals surface area contributed by atoms with E-state index < -0.39 is 5.54 Å². The maximum absolute atomic E-state index is 13.0. The molecule has 0 unspecified atom stereocenters. The smallest absolute Gasteiger partial charge is 0.224 e. The summed E-state index contributed by atoms with van der Waals surface area (Å²) >= 11 is 3.53. The van der Waals surface area contributed by atoms with Crippen LogP contribution in [0.2, 0.25) is 0 Å². The molecule has 4 rings (SSSR count). The largest absolute Gasteiger partial charge is 0.301 e. The van der Waals surface area contributed by atoms with Crippen molar-refractivity contribution in [2.24, 2.45) is 0 Å². The number of carbonyl (C=O) groups excluding carboxylic acids is 1. The minimum absolute atomic E-state index is 0.0412. The number of hydrogen-bond acceptors (Lipinski definition) is 3. The minimum atomic E-state index is -0.468. The molecule has 0 N–H and O–H groups in total. The second kappa shape index (κ2) is 9.11. The summed E-state index contributed by atoms with van der Waals surface area (Å²) < 4.78 is 0.794. The number of aromatic nitrogens is 1. The quantitative estimate of drug-likeness (QED) is 0.476. The van der Waals surface area contributed by atoms with Gasteiger partial charge in [0.15, 0.2) is 0 Å². The van der Waals surface area contributed by atoms with E-state index in [9.17, 15) is 4.79 Å². The first-order valence-electron chi connectivity index (χ1n) is 10.3. The maximum Gasteiger partial charge on any atom is 0.224 e. The van der Waals surface area contributed by atoms with Crippen LogP contribution in [0.3, 0.4) is 0 Å². The topological polar surface area (TPSA) is 36.4 Å². The molecule has 3 aromatic rings. The van der Waals surface area contributed by atoms with Gasteiger partial charge in [0.25, 0.3) is 0 Å². The van der Waals surface area contributed by atoms with Crippen LogP contribution in [0.1, 0.15) is 31.0 Å². The van der Waals surface area contributed by atoms with Gasteiger partial charge in [0.1, 0.15) is 4.60 Å². The fourth-order valence-electron chi connectivity index (χ4n) is 4.49. The molecule has 1 saturated heterocycles. The summed E-state index contributed by atoms with van der Waals surface area (Å²) in [5.41, 5.74) is 2.71. The molecular formula is C25H26BrN3O. The van der Waals surface area contributed by atoms with Crippen LogP contribution in [0.4, 0.5) is 5.69 Å². The fraction of sp³-hybridized carbons (Fsp3) is 0.280. The number of amides is 1. The first-order chi connectivity index (χ1) is 14.6. The summed E-state index contributed by atoms with van der Waals surface area (Å²) in [7, 11) is 0. The highest BCUT2D eigenvalue weighted by Gasteiger charge is 2.44. The van der Waals surface area contributed by atoms with Gasteiger partial charge in [-0.05, 0) is 58.6 Å². The van der Waals surface area contributed by atoms with E-state index in [2.05, 4.69) is 51.2 Å². The van der Waals surface area contributed by atoms with Crippen molar-refractivity contribution >= 4 is 27.5 Å². The Labute approximate surface area is 186 Å². The van der Waals surface area contributed by atoms with Crippen LogP contribution in [0.5, 0.6) is 0 Å². The molecule has 2 heterocycles. The Morgan fingerprint density at radius 2 is 1.60 bits per heavy atom. The number of nitrogens with zero attached hydrogens (tertiary/aromatic N) is 3. The monoisotopic (exact) mass is 463 g/mol. The summed E-state index contributed by atoms with van der Waals surface area (Å²) in [6, 6.07) is 26.5. The lowest BCUT2D eigenvalue weighted by Crippen LogP contribution is -2.55. The predicted octanol–water partition coefficient (Wildman–Crippen LogP) is 5.39. The number of pyridine rings is 1. The molecule has 0 spiro atoms. The van der Waals surface area contributed by atoms with Crippen LogP contribution in [0.15, 0.2) is 83.5 Å². The van der Waals surface area contributed by atoms with E-state index >= 15 is 0 Å². The molecule has 154 valence electrons. The van der Waals surface area contributed by atoms with Gasteiger partial charge in [-0.3, -0.25) is 9.69 Å². The van der Waals surface area contributed by atoms with Gasteiger partial charge in [0.2, 0.25) is 5.91 Å². The number of carbonyl (C=O) groups is 1. The normalized spacial score (nSPS) is 16.2. The molecule has 0 radical (unpaired) electrons. The average molecular weight is 464 g/mol. The van der Waals surface area contributed by atoms with Crippen LogP contribution in [-0.2, 0) is 16.9 Å². The van der Waals surface area contributed by atoms with Gasteiger partial charge in [-0.25, -0.2) is 4.98 Å². The summed E-state index contributed by atoms with van der Waals surface area (Å²) in [6.45, 7) is 4.39. The van der Waals surface area contributed by atoms with Crippen LogP contribution in [0, 0.1) is 0 Å². The van der Waals surface area contributed by atoms with Crippen LogP contribution in [0.25, 0.3) is 0 Å². The third-order valence-corrected chi connectivity index (χ3v) is 6.32. The van der Waals surface area contributed by atoms with Crippen LogP contribution >= 0.6 is 15.9 Å². The van der Waals surface area contributed by atoms with Crippen molar-refractivity contribution in [1.29, 1.82) is 0 Å². The lowest BCUT2D eigenvalue weighted by atomic mass is 9.81. The van der Waals surface area contributed by atoms with Crippen molar-refractivity contribution < 1.29 is 4.79 Å². The first-order valence-corrected chi connectivity index (χ1v) is 11.1. The predicted molar refractivity (Wildman–Crippen MR) is 124 cm³/mol. The van der Waals surface area contributed by atoms with Crippen molar-refractivity contribution in [3.63, 3.8) is 0 Å². The van der Waals surface area contributed by atoms with E-state index in [0.717, 1.165) is 48.5 Å². The Hall–Kier alpha value is -2.50. The Bertz CT molecular complexity index is 986. The SMILES string of the molecule is CC(=O)N(c1ccccc1)C1(c2cccc(Br)n2)CCN(Cc2ccccc2)CC1. The average Bonchev–Trinajstić information content (AvgIpc) is 2.76. The fourth-order valence-corrected chi connectivity index (χ4v) is 4.84. The van der Waals surface area contributed by atoms with Crippen LogP contribution in [-0.4, -0.2) is 28.9 Å². The van der Waals surface area contributed by atoms with Crippen LogP contribution < -0.4 is 4.90 Å². The molecule has 1 aliphatic heterocycles. The van der Waals surface area contributed by atoms with Gasteiger partial charge in [0.05, 0.1) is 11.2 Å². The first kappa shape index (κ1) is 20.8. The molecule has 30 heavy (non-hydrogen) atoms. The zero-order chi connectivity index (χ0) is 21.0. The highest BCUT2D eigenvalue weighted by atomic mass is 79.9. The molecule has 1 aliphatic rings. The standard InChI is InChI=1S/C25H26BrN3O/c1-20(30)29(22-11-6-3-7-12-22)25(23-13-8-14-24(26)27-23)15-17-28(18-16-25)19-21-9-4-2-5-10-21/h2-14H,15-19H2,1H3.